The number of hydrogen-bond donors (Lipinski definition) is 0. The Balaban J connectivity index is -0.00000144. The van der Waals surface area contributed by atoms with Crippen LogP contribution in [0.1, 0.15) is 0 Å². The molecule has 2 rings (SSSR count). The van der Waals surface area contributed by atoms with Crippen molar-refractivity contribution in [1.29, 1.82) is 0 Å². The fourth-order valence-corrected chi connectivity index (χ4v) is 2.58. The van der Waals surface area contributed by atoms with Gasteiger partial charge in [0.1, 0.15) is 0 Å². The van der Waals surface area contributed by atoms with Crippen molar-refractivity contribution in [3.05, 3.63) is 0 Å². The van der Waals surface area contributed by atoms with E-state index in [-0.39, 0.29) is 86.6 Å². The predicted octanol–water partition coefficient (Wildman–Crippen LogP) is -9.29. The number of fused-ring (bicyclic) bond motifs is 6. The van der Waals surface area contributed by atoms with Crippen LogP contribution in [0.2, 0.25) is 0 Å². The standard InChI is InChI=1S/C16H32N2O5.3ClH.Eu/c1-7-19-8-2-18-5-11-22-15-13-20-9-3-17(1)4-10-21-14-16-23-12-6-18;;;;/h1-16H2;3*1H;/q;;;;+3/p-3. The zero-order chi connectivity index (χ0) is 16.0. The van der Waals surface area contributed by atoms with Gasteiger partial charge in [-0.2, -0.15) is 0 Å². The SMILES string of the molecule is C1COCCN2CCOCCOCCN(CCO1)CCOCC2.[Cl-].[Cl-].[Cl-].[Eu+3]. The third-order valence-corrected chi connectivity index (χ3v) is 4.06. The van der Waals surface area contributed by atoms with Crippen molar-refractivity contribution >= 4 is 0 Å². The van der Waals surface area contributed by atoms with E-state index in [4.69, 9.17) is 23.7 Å². The van der Waals surface area contributed by atoms with Crippen molar-refractivity contribution in [2.75, 3.05) is 105 Å². The summed E-state index contributed by atoms with van der Waals surface area (Å²) in [6, 6.07) is 0. The molecule has 0 N–H and O–H groups in total. The molecule has 11 heteroatoms. The molecular weight excluding hydrogens is 559 g/mol. The molecule has 2 aliphatic heterocycles. The molecule has 0 radical (unpaired) electrons. The molecule has 0 aliphatic carbocycles. The molecule has 2 bridgehead atoms. The second kappa shape index (κ2) is 24.4. The summed E-state index contributed by atoms with van der Waals surface area (Å²) in [7, 11) is 0. The van der Waals surface area contributed by atoms with Crippen LogP contribution in [0.5, 0.6) is 0 Å². The molecule has 27 heavy (non-hydrogen) atoms. The van der Waals surface area contributed by atoms with Gasteiger partial charge in [-0.05, 0) is 0 Å². The van der Waals surface area contributed by atoms with Crippen molar-refractivity contribution in [1.82, 2.24) is 9.80 Å². The van der Waals surface area contributed by atoms with Gasteiger partial charge in [0, 0.05) is 39.3 Å². The first kappa shape index (κ1) is 33.8. The Bertz CT molecular complexity index is 257. The Morgan fingerprint density at radius 3 is 0.741 bits per heavy atom. The van der Waals surface area contributed by atoms with Crippen molar-refractivity contribution in [3.8, 4) is 0 Å². The van der Waals surface area contributed by atoms with Crippen LogP contribution in [-0.4, -0.2) is 115 Å². The van der Waals surface area contributed by atoms with Gasteiger partial charge >= 0.3 is 49.4 Å². The van der Waals surface area contributed by atoms with Crippen LogP contribution in [0.3, 0.4) is 0 Å². The second-order valence-electron chi connectivity index (χ2n) is 5.75. The maximum atomic E-state index is 5.80. The zero-order valence-electron chi connectivity index (χ0n) is 15.8. The molecular formula is C16H32Cl3EuN2O5. The largest absolute Gasteiger partial charge is 3.00 e. The van der Waals surface area contributed by atoms with E-state index < -0.39 is 0 Å². The molecule has 164 valence electrons. The average Bonchev–Trinajstić information content (AvgIpc) is 2.57. The van der Waals surface area contributed by atoms with Crippen LogP contribution >= 0.6 is 0 Å². The van der Waals surface area contributed by atoms with E-state index in [2.05, 4.69) is 9.80 Å². The Kier molecular flexibility index (Phi) is 30.6. The van der Waals surface area contributed by atoms with E-state index in [9.17, 15) is 0 Å². The summed E-state index contributed by atoms with van der Waals surface area (Å²) in [4.78, 5) is 4.66. The molecule has 0 atom stereocenters. The molecule has 0 aromatic heterocycles. The summed E-state index contributed by atoms with van der Waals surface area (Å²) in [5, 5.41) is 0. The average molecular weight is 591 g/mol. The third-order valence-electron chi connectivity index (χ3n) is 4.06. The van der Waals surface area contributed by atoms with Crippen molar-refractivity contribution in [2.24, 2.45) is 0 Å². The van der Waals surface area contributed by atoms with Crippen LogP contribution in [0.25, 0.3) is 0 Å². The first-order valence-electron chi connectivity index (χ1n) is 8.78. The number of rotatable bonds is 0. The Hall–Kier alpha value is 2.17. The van der Waals surface area contributed by atoms with Gasteiger partial charge < -0.3 is 60.9 Å². The van der Waals surface area contributed by atoms with Crippen LogP contribution in [0, 0.1) is 49.4 Å². The fourth-order valence-electron chi connectivity index (χ4n) is 2.58. The minimum atomic E-state index is 0. The Morgan fingerprint density at radius 1 is 0.333 bits per heavy atom. The van der Waals surface area contributed by atoms with E-state index in [1.807, 2.05) is 0 Å². The number of halogens is 3. The Morgan fingerprint density at radius 2 is 0.519 bits per heavy atom. The summed E-state index contributed by atoms with van der Waals surface area (Å²) < 4.78 is 28.4. The smallest absolute Gasteiger partial charge is 1.00 e. The maximum Gasteiger partial charge on any atom is 3.00 e. The molecule has 2 heterocycles. The number of hydrogen-bond acceptors (Lipinski definition) is 7. The summed E-state index contributed by atoms with van der Waals surface area (Å²) in [6.45, 7) is 12.4. The van der Waals surface area contributed by atoms with Crippen LogP contribution in [0.4, 0.5) is 0 Å². The summed E-state index contributed by atoms with van der Waals surface area (Å²) >= 11 is 0. The summed E-state index contributed by atoms with van der Waals surface area (Å²) in [6.07, 6.45) is 0. The van der Waals surface area contributed by atoms with E-state index in [0.29, 0.717) is 26.4 Å². The normalized spacial score (nSPS) is 26.7. The van der Waals surface area contributed by atoms with Crippen molar-refractivity contribution in [3.63, 3.8) is 0 Å². The molecule has 0 saturated carbocycles. The number of nitrogens with zero attached hydrogens (tertiary/aromatic N) is 2. The molecule has 2 saturated heterocycles. The van der Waals surface area contributed by atoms with Gasteiger partial charge in [-0.15, -0.1) is 0 Å². The van der Waals surface area contributed by atoms with E-state index in [0.717, 1.165) is 78.9 Å². The molecule has 0 unspecified atom stereocenters. The second-order valence-corrected chi connectivity index (χ2v) is 5.75. The van der Waals surface area contributed by atoms with Gasteiger partial charge in [-0.25, -0.2) is 0 Å². The minimum Gasteiger partial charge on any atom is -1.00 e. The first-order valence-corrected chi connectivity index (χ1v) is 8.78. The molecule has 0 aromatic rings. The van der Waals surface area contributed by atoms with E-state index in [1.165, 1.54) is 0 Å². The van der Waals surface area contributed by atoms with Gasteiger partial charge in [-0.1, -0.05) is 0 Å². The third kappa shape index (κ3) is 18.6. The number of ether oxygens (including phenoxy) is 5. The van der Waals surface area contributed by atoms with Crippen molar-refractivity contribution in [2.45, 2.75) is 0 Å². The molecule has 0 spiro atoms. The van der Waals surface area contributed by atoms with Crippen molar-refractivity contribution < 1.29 is 110 Å². The van der Waals surface area contributed by atoms with E-state index in [1.54, 1.807) is 0 Å². The van der Waals surface area contributed by atoms with Crippen LogP contribution in [-0.2, 0) is 23.7 Å². The molecule has 0 aromatic carbocycles. The molecule has 2 aliphatic rings. The summed E-state index contributed by atoms with van der Waals surface area (Å²) in [5.74, 6) is 0. The Labute approximate surface area is 223 Å². The monoisotopic (exact) mass is 590 g/mol. The van der Waals surface area contributed by atoms with Crippen LogP contribution < -0.4 is 37.2 Å². The van der Waals surface area contributed by atoms with Gasteiger partial charge in [0.2, 0.25) is 0 Å². The molecule has 7 nitrogen and oxygen atoms in total. The zero-order valence-corrected chi connectivity index (χ0v) is 20.5. The summed E-state index contributed by atoms with van der Waals surface area (Å²) in [5.41, 5.74) is 0. The van der Waals surface area contributed by atoms with E-state index >= 15 is 0 Å². The maximum absolute atomic E-state index is 5.80. The quantitative estimate of drug-likeness (QED) is 0.260. The molecule has 0 amide bonds. The van der Waals surface area contributed by atoms with Gasteiger partial charge in [-0.3, -0.25) is 9.80 Å². The van der Waals surface area contributed by atoms with Gasteiger partial charge in [0.15, 0.2) is 0 Å². The fraction of sp³-hybridized carbons (Fsp3) is 1.00. The predicted molar refractivity (Wildman–Crippen MR) is 87.0 cm³/mol. The van der Waals surface area contributed by atoms with Crippen LogP contribution in [0.15, 0.2) is 0 Å². The van der Waals surface area contributed by atoms with Gasteiger partial charge in [0.25, 0.3) is 0 Å². The topological polar surface area (TPSA) is 52.6 Å². The van der Waals surface area contributed by atoms with Gasteiger partial charge in [0.05, 0.1) is 66.1 Å². The first-order chi connectivity index (χ1) is 11.4. The molecule has 2 fully saturated rings. The minimum absolute atomic E-state index is 0.